The molecule has 0 aromatic rings. The molecule has 0 aliphatic carbocycles. The average molecular weight is 480 g/mol. The summed E-state index contributed by atoms with van der Waals surface area (Å²) >= 11 is 0. The Hall–Kier alpha value is -0.760. The zero-order valence-electron chi connectivity index (χ0n) is 20.0. The van der Waals surface area contributed by atoms with Crippen molar-refractivity contribution in [1.29, 1.82) is 0 Å². The number of hydrogen-bond donors (Lipinski definition) is 2. The minimum absolute atomic E-state index is 0.0835. The van der Waals surface area contributed by atoms with Crippen LogP contribution >= 0.6 is 7.82 Å². The summed E-state index contributed by atoms with van der Waals surface area (Å²) in [6.45, 7) is 1.45. The van der Waals surface area contributed by atoms with Crippen LogP contribution in [0.5, 0.6) is 0 Å². The summed E-state index contributed by atoms with van der Waals surface area (Å²) in [5.41, 5.74) is 3.47. The molecule has 8 nitrogen and oxygen atoms in total. The predicted molar refractivity (Wildman–Crippen MR) is 124 cm³/mol. The van der Waals surface area contributed by atoms with Gasteiger partial charge in [-0.05, 0) is 32.1 Å². The average Bonchev–Trinajstić information content (AvgIpc) is 2.77. The number of phosphoric acid groups is 1. The summed E-state index contributed by atoms with van der Waals surface area (Å²) in [5.74, 6) is -0.468. The van der Waals surface area contributed by atoms with Crippen molar-refractivity contribution in [3.8, 4) is 0 Å². The van der Waals surface area contributed by atoms with E-state index in [2.05, 4.69) is 33.9 Å². The minimum atomic E-state index is -4.47. The number of ether oxygens (including phenoxy) is 1. The summed E-state index contributed by atoms with van der Waals surface area (Å²) in [4.78, 5) is 23.3. The second-order valence-electron chi connectivity index (χ2n) is 8.06. The molecule has 0 aliphatic rings. The van der Waals surface area contributed by atoms with Crippen molar-refractivity contribution in [1.82, 2.24) is 0 Å². The van der Waals surface area contributed by atoms with Gasteiger partial charge in [0.25, 0.3) is 7.82 Å². The number of unbranched alkanes of at least 4 members (excludes halogenated alkanes) is 11. The molecule has 0 amide bonds. The SMILES string of the molecule is CCCCCCCC/C=C\CCCCCCCC(=O)O[C@H](CO)COP(=O)([O-])OCC[NH3+]. The van der Waals surface area contributed by atoms with Gasteiger partial charge in [-0.1, -0.05) is 70.4 Å². The van der Waals surface area contributed by atoms with Crippen molar-refractivity contribution in [2.75, 3.05) is 26.4 Å². The number of rotatable bonds is 23. The molecule has 0 aromatic heterocycles. The van der Waals surface area contributed by atoms with Gasteiger partial charge in [0.15, 0.2) is 0 Å². The summed E-state index contributed by atoms with van der Waals surface area (Å²) < 4.78 is 25.7. The van der Waals surface area contributed by atoms with Crippen molar-refractivity contribution in [3.05, 3.63) is 12.2 Å². The van der Waals surface area contributed by atoms with Crippen LogP contribution in [0.3, 0.4) is 0 Å². The predicted octanol–water partition coefficient (Wildman–Crippen LogP) is 3.67. The summed E-state index contributed by atoms with van der Waals surface area (Å²) in [7, 11) is -4.47. The molecule has 0 radical (unpaired) electrons. The van der Waals surface area contributed by atoms with Crippen LogP contribution < -0.4 is 10.6 Å². The van der Waals surface area contributed by atoms with Gasteiger partial charge in [0, 0.05) is 6.42 Å². The van der Waals surface area contributed by atoms with E-state index in [1.807, 2.05) is 0 Å². The van der Waals surface area contributed by atoms with Crippen LogP contribution in [0.4, 0.5) is 0 Å². The van der Waals surface area contributed by atoms with E-state index in [-0.39, 0.29) is 19.6 Å². The van der Waals surface area contributed by atoms with E-state index in [1.165, 1.54) is 44.9 Å². The lowest BCUT2D eigenvalue weighted by Crippen LogP contribution is -2.52. The maximum atomic E-state index is 11.9. The number of allylic oxidation sites excluding steroid dienone is 2. The van der Waals surface area contributed by atoms with Gasteiger partial charge < -0.3 is 29.5 Å². The topological polar surface area (TPSA) is 133 Å². The summed E-state index contributed by atoms with van der Waals surface area (Å²) in [5, 5.41) is 9.25. The summed E-state index contributed by atoms with van der Waals surface area (Å²) in [6, 6.07) is 0. The fourth-order valence-electron chi connectivity index (χ4n) is 3.10. The first kappa shape index (κ1) is 31.2. The van der Waals surface area contributed by atoms with Crippen LogP contribution in [0.1, 0.15) is 96.8 Å². The fourth-order valence-corrected chi connectivity index (χ4v) is 3.87. The Balaban J connectivity index is 3.63. The Kier molecular flexibility index (Phi) is 21.5. The van der Waals surface area contributed by atoms with Gasteiger partial charge in [0.2, 0.25) is 0 Å². The molecular formula is C23H46NO7P. The van der Waals surface area contributed by atoms with Crippen molar-refractivity contribution in [2.24, 2.45) is 0 Å². The highest BCUT2D eigenvalue weighted by Crippen LogP contribution is 2.37. The molecule has 0 saturated heterocycles. The molecule has 32 heavy (non-hydrogen) atoms. The number of phosphoric ester groups is 1. The van der Waals surface area contributed by atoms with Gasteiger partial charge in [-0.15, -0.1) is 0 Å². The van der Waals surface area contributed by atoms with Gasteiger partial charge in [-0.2, -0.15) is 0 Å². The first-order chi connectivity index (χ1) is 15.4. The second-order valence-corrected chi connectivity index (χ2v) is 9.47. The maximum absolute atomic E-state index is 11.9. The van der Waals surface area contributed by atoms with E-state index in [9.17, 15) is 19.4 Å². The number of quaternary nitrogens is 1. The maximum Gasteiger partial charge on any atom is 0.306 e. The number of esters is 1. The molecule has 4 N–H and O–H groups in total. The molecule has 0 spiro atoms. The third-order valence-corrected chi connectivity index (χ3v) is 5.92. The number of carbonyl (C=O) groups excluding carboxylic acids is 1. The Bertz CT molecular complexity index is 517. The lowest BCUT2D eigenvalue weighted by Gasteiger charge is -2.24. The monoisotopic (exact) mass is 479 g/mol. The summed E-state index contributed by atoms with van der Waals surface area (Å²) in [6.07, 6.45) is 19.1. The van der Waals surface area contributed by atoms with E-state index >= 15 is 0 Å². The number of aliphatic hydroxyl groups is 1. The highest BCUT2D eigenvalue weighted by atomic mass is 31.2. The zero-order chi connectivity index (χ0) is 23.9. The lowest BCUT2D eigenvalue weighted by molar-refractivity contribution is -0.373. The third kappa shape index (κ3) is 21.1. The Morgan fingerprint density at radius 1 is 0.969 bits per heavy atom. The molecule has 0 rings (SSSR count). The molecule has 1 unspecified atom stereocenters. The van der Waals surface area contributed by atoms with E-state index < -0.39 is 33.1 Å². The van der Waals surface area contributed by atoms with E-state index in [4.69, 9.17) is 4.74 Å². The number of hydrogen-bond acceptors (Lipinski definition) is 7. The van der Waals surface area contributed by atoms with E-state index in [0.29, 0.717) is 6.42 Å². The Labute approximate surface area is 194 Å². The molecule has 190 valence electrons. The smallest absolute Gasteiger partial charge is 0.306 e. The number of aliphatic hydroxyl groups excluding tert-OH is 1. The molecular weight excluding hydrogens is 433 g/mol. The molecule has 9 heteroatoms. The largest absolute Gasteiger partial charge is 0.756 e. The van der Waals surface area contributed by atoms with Crippen molar-refractivity contribution < 1.29 is 38.9 Å². The molecule has 0 aromatic carbocycles. The van der Waals surface area contributed by atoms with Crippen molar-refractivity contribution in [3.63, 3.8) is 0 Å². The highest BCUT2D eigenvalue weighted by molar-refractivity contribution is 7.45. The van der Waals surface area contributed by atoms with Crippen LogP contribution in [0.25, 0.3) is 0 Å². The highest BCUT2D eigenvalue weighted by Gasteiger charge is 2.18. The van der Waals surface area contributed by atoms with Gasteiger partial charge in [-0.3, -0.25) is 9.36 Å². The van der Waals surface area contributed by atoms with Gasteiger partial charge >= 0.3 is 5.97 Å². The van der Waals surface area contributed by atoms with Crippen LogP contribution in [0, 0.1) is 0 Å². The van der Waals surface area contributed by atoms with Gasteiger partial charge in [0.1, 0.15) is 12.7 Å². The fraction of sp³-hybridized carbons (Fsp3) is 0.870. The van der Waals surface area contributed by atoms with E-state index in [0.717, 1.165) is 32.1 Å². The minimum Gasteiger partial charge on any atom is -0.756 e. The first-order valence-corrected chi connectivity index (χ1v) is 13.8. The molecule has 2 atom stereocenters. The van der Waals surface area contributed by atoms with Crippen LogP contribution in [-0.2, 0) is 23.1 Å². The second kappa shape index (κ2) is 22.1. The quantitative estimate of drug-likeness (QED) is 0.0988. The van der Waals surface area contributed by atoms with Crippen LogP contribution in [0.2, 0.25) is 0 Å². The standard InChI is InChI=1S/C23H46NO7P/c1-2-3-4-5-6-7-8-9-10-11-12-13-14-15-16-17-23(26)31-22(20-25)21-30-32(27,28)29-19-18-24/h9-10,22,25H,2-8,11-21,24H2,1H3,(H,27,28)/b10-9-/t22-/m1/s1. The molecule has 0 fully saturated rings. The van der Waals surface area contributed by atoms with E-state index in [1.54, 1.807) is 0 Å². The normalized spacial score (nSPS) is 14.5. The first-order valence-electron chi connectivity index (χ1n) is 12.3. The van der Waals surface area contributed by atoms with Crippen LogP contribution in [0.15, 0.2) is 12.2 Å². The van der Waals surface area contributed by atoms with Gasteiger partial charge in [0.05, 0.1) is 19.8 Å². The lowest BCUT2D eigenvalue weighted by atomic mass is 10.1. The van der Waals surface area contributed by atoms with Crippen LogP contribution in [-0.4, -0.2) is 43.5 Å². The molecule has 0 saturated carbocycles. The Morgan fingerprint density at radius 2 is 1.53 bits per heavy atom. The van der Waals surface area contributed by atoms with Crippen molar-refractivity contribution >= 4 is 13.8 Å². The van der Waals surface area contributed by atoms with Crippen molar-refractivity contribution in [2.45, 2.75) is 103 Å². The third-order valence-electron chi connectivity index (χ3n) is 4.96. The number of carbonyl (C=O) groups is 1. The molecule has 0 heterocycles. The zero-order valence-corrected chi connectivity index (χ0v) is 20.9. The molecule has 0 bridgehead atoms. The van der Waals surface area contributed by atoms with Gasteiger partial charge in [-0.25, -0.2) is 0 Å². The Morgan fingerprint density at radius 3 is 2.09 bits per heavy atom. The molecule has 0 aliphatic heterocycles.